The largest absolute Gasteiger partial charge is 0.293 e. The molecule has 0 saturated heterocycles. The maximum Gasteiger partial charge on any atom is 0.273 e. The average Bonchev–Trinajstić information content (AvgIpc) is 2.58. The summed E-state index contributed by atoms with van der Waals surface area (Å²) in [6.07, 6.45) is 0. The maximum absolute atomic E-state index is 11.3. The molecule has 1 N–H and O–H groups in total. The SMILES string of the molecule is Cc1nsc(-n2[nH]c(C)cc2=O)n1. The van der Waals surface area contributed by atoms with Crippen LogP contribution >= 0.6 is 11.5 Å². The van der Waals surface area contributed by atoms with Crippen LogP contribution in [0.4, 0.5) is 0 Å². The van der Waals surface area contributed by atoms with E-state index >= 15 is 0 Å². The van der Waals surface area contributed by atoms with Crippen molar-refractivity contribution in [1.29, 1.82) is 0 Å². The molecule has 0 amide bonds. The van der Waals surface area contributed by atoms with E-state index in [2.05, 4.69) is 14.5 Å². The van der Waals surface area contributed by atoms with Gasteiger partial charge in [-0.3, -0.25) is 9.89 Å². The van der Waals surface area contributed by atoms with Gasteiger partial charge in [0.15, 0.2) is 0 Å². The van der Waals surface area contributed by atoms with E-state index in [-0.39, 0.29) is 5.56 Å². The Hall–Kier alpha value is -1.43. The van der Waals surface area contributed by atoms with Crippen molar-refractivity contribution in [2.45, 2.75) is 13.8 Å². The first-order chi connectivity index (χ1) is 6.16. The van der Waals surface area contributed by atoms with Crippen molar-refractivity contribution in [2.24, 2.45) is 0 Å². The zero-order valence-corrected chi connectivity index (χ0v) is 8.05. The average molecular weight is 196 g/mol. The van der Waals surface area contributed by atoms with Crippen LogP contribution in [0.15, 0.2) is 10.9 Å². The fraction of sp³-hybridized carbons (Fsp3) is 0.286. The Labute approximate surface area is 78.2 Å². The third-order valence-corrected chi connectivity index (χ3v) is 2.35. The zero-order chi connectivity index (χ0) is 9.42. The van der Waals surface area contributed by atoms with Crippen molar-refractivity contribution < 1.29 is 0 Å². The first kappa shape index (κ1) is 8.18. The van der Waals surface area contributed by atoms with Gasteiger partial charge in [-0.05, 0) is 13.8 Å². The lowest BCUT2D eigenvalue weighted by Crippen LogP contribution is -2.12. The number of aryl methyl sites for hydroxylation is 2. The molecular formula is C7H8N4OS. The van der Waals surface area contributed by atoms with E-state index < -0.39 is 0 Å². The van der Waals surface area contributed by atoms with Crippen LogP contribution in [0.1, 0.15) is 11.5 Å². The Morgan fingerprint density at radius 1 is 1.54 bits per heavy atom. The van der Waals surface area contributed by atoms with E-state index in [4.69, 9.17) is 0 Å². The van der Waals surface area contributed by atoms with Gasteiger partial charge >= 0.3 is 0 Å². The number of nitrogens with one attached hydrogen (secondary N) is 1. The Bertz CT molecular complexity index is 481. The summed E-state index contributed by atoms with van der Waals surface area (Å²) in [6.45, 7) is 3.62. The monoisotopic (exact) mass is 196 g/mol. The summed E-state index contributed by atoms with van der Waals surface area (Å²) >= 11 is 1.20. The van der Waals surface area contributed by atoms with Gasteiger partial charge in [0.2, 0.25) is 5.13 Å². The summed E-state index contributed by atoms with van der Waals surface area (Å²) in [5, 5.41) is 3.47. The molecule has 0 radical (unpaired) electrons. The van der Waals surface area contributed by atoms with E-state index in [1.165, 1.54) is 22.3 Å². The van der Waals surface area contributed by atoms with Gasteiger partial charge in [-0.25, -0.2) is 4.98 Å². The molecule has 0 spiro atoms. The highest BCUT2D eigenvalue weighted by atomic mass is 32.1. The normalized spacial score (nSPS) is 10.6. The molecule has 0 atom stereocenters. The topological polar surface area (TPSA) is 63.6 Å². The highest BCUT2D eigenvalue weighted by molar-refractivity contribution is 7.08. The van der Waals surface area contributed by atoms with Crippen molar-refractivity contribution >= 4 is 11.5 Å². The molecule has 2 aromatic rings. The summed E-state index contributed by atoms with van der Waals surface area (Å²) in [5.74, 6) is 0.680. The van der Waals surface area contributed by atoms with Gasteiger partial charge in [-0.15, -0.1) is 0 Å². The molecule has 68 valence electrons. The van der Waals surface area contributed by atoms with E-state index in [9.17, 15) is 4.79 Å². The molecule has 0 aliphatic carbocycles. The lowest BCUT2D eigenvalue weighted by molar-refractivity contribution is 0.822. The summed E-state index contributed by atoms with van der Waals surface area (Å²) in [7, 11) is 0. The summed E-state index contributed by atoms with van der Waals surface area (Å²) in [5.41, 5.74) is 0.714. The lowest BCUT2D eigenvalue weighted by atomic mass is 10.5. The van der Waals surface area contributed by atoms with Gasteiger partial charge in [0.05, 0.1) is 0 Å². The number of H-pyrrole nitrogens is 1. The highest BCUT2D eigenvalue weighted by Gasteiger charge is 2.06. The summed E-state index contributed by atoms with van der Waals surface area (Å²) in [6, 6.07) is 1.52. The van der Waals surface area contributed by atoms with E-state index in [0.717, 1.165) is 5.69 Å². The summed E-state index contributed by atoms with van der Waals surface area (Å²) in [4.78, 5) is 15.4. The fourth-order valence-corrected chi connectivity index (χ4v) is 1.68. The minimum atomic E-state index is -0.103. The molecule has 0 aliphatic heterocycles. The first-order valence-electron chi connectivity index (χ1n) is 3.76. The quantitative estimate of drug-likeness (QED) is 0.727. The molecule has 0 aliphatic rings. The predicted molar refractivity (Wildman–Crippen MR) is 49.3 cm³/mol. The molecule has 2 rings (SSSR count). The van der Waals surface area contributed by atoms with Gasteiger partial charge in [0, 0.05) is 23.3 Å². The molecule has 0 aromatic carbocycles. The zero-order valence-electron chi connectivity index (χ0n) is 7.24. The minimum Gasteiger partial charge on any atom is -0.293 e. The van der Waals surface area contributed by atoms with Gasteiger partial charge < -0.3 is 0 Å². The second-order valence-electron chi connectivity index (χ2n) is 2.74. The number of aromatic amines is 1. The molecule has 13 heavy (non-hydrogen) atoms. The van der Waals surface area contributed by atoms with Crippen LogP contribution in [-0.4, -0.2) is 19.1 Å². The molecule has 0 saturated carbocycles. The number of hydrogen-bond acceptors (Lipinski definition) is 4. The van der Waals surface area contributed by atoms with Crippen molar-refractivity contribution in [3.8, 4) is 5.13 Å². The number of nitrogens with zero attached hydrogens (tertiary/aromatic N) is 3. The molecule has 2 aromatic heterocycles. The Balaban J connectivity index is 2.58. The van der Waals surface area contributed by atoms with Crippen LogP contribution in [0.5, 0.6) is 0 Å². The van der Waals surface area contributed by atoms with Crippen LogP contribution in [0.2, 0.25) is 0 Å². The second kappa shape index (κ2) is 2.81. The van der Waals surface area contributed by atoms with Crippen molar-refractivity contribution in [2.75, 3.05) is 0 Å². The number of aromatic nitrogens is 4. The van der Waals surface area contributed by atoms with Crippen molar-refractivity contribution in [1.82, 2.24) is 19.1 Å². The van der Waals surface area contributed by atoms with E-state index in [1.54, 1.807) is 6.92 Å². The Morgan fingerprint density at radius 2 is 2.31 bits per heavy atom. The number of rotatable bonds is 1. The van der Waals surface area contributed by atoms with Crippen LogP contribution in [0.3, 0.4) is 0 Å². The first-order valence-corrected chi connectivity index (χ1v) is 4.53. The standard InChI is InChI=1S/C7H8N4OS/c1-4-3-6(12)11(9-4)7-8-5(2)10-13-7/h3,9H,1-2H3. The van der Waals surface area contributed by atoms with Crippen LogP contribution in [0.25, 0.3) is 5.13 Å². The molecule has 0 unspecified atom stereocenters. The van der Waals surface area contributed by atoms with Gasteiger partial charge in [0.25, 0.3) is 5.56 Å². The third kappa shape index (κ3) is 1.40. The van der Waals surface area contributed by atoms with E-state index in [0.29, 0.717) is 11.0 Å². The van der Waals surface area contributed by atoms with Crippen LogP contribution in [0, 0.1) is 13.8 Å². The van der Waals surface area contributed by atoms with Crippen LogP contribution < -0.4 is 5.56 Å². The lowest BCUT2D eigenvalue weighted by Gasteiger charge is -1.91. The molecule has 5 nitrogen and oxygen atoms in total. The van der Waals surface area contributed by atoms with Gasteiger partial charge in [-0.2, -0.15) is 9.06 Å². The molecular weight excluding hydrogens is 188 g/mol. The van der Waals surface area contributed by atoms with Crippen LogP contribution in [-0.2, 0) is 0 Å². The Kier molecular flexibility index (Phi) is 1.77. The van der Waals surface area contributed by atoms with Crippen molar-refractivity contribution in [3.63, 3.8) is 0 Å². The molecule has 2 heterocycles. The maximum atomic E-state index is 11.3. The smallest absolute Gasteiger partial charge is 0.273 e. The number of hydrogen-bond donors (Lipinski definition) is 1. The van der Waals surface area contributed by atoms with Gasteiger partial charge in [0.1, 0.15) is 5.82 Å². The second-order valence-corrected chi connectivity index (χ2v) is 3.47. The van der Waals surface area contributed by atoms with Gasteiger partial charge in [-0.1, -0.05) is 0 Å². The molecule has 0 bridgehead atoms. The summed E-state index contributed by atoms with van der Waals surface area (Å²) < 4.78 is 5.38. The van der Waals surface area contributed by atoms with E-state index in [1.807, 2.05) is 6.92 Å². The third-order valence-electron chi connectivity index (χ3n) is 1.56. The van der Waals surface area contributed by atoms with Crippen molar-refractivity contribution in [3.05, 3.63) is 27.9 Å². The Morgan fingerprint density at radius 3 is 2.77 bits per heavy atom. The molecule has 6 heteroatoms. The minimum absolute atomic E-state index is 0.103. The highest BCUT2D eigenvalue weighted by Crippen LogP contribution is 2.06. The predicted octanol–water partition coefficient (Wildman–Crippen LogP) is 0.634. The molecule has 0 fully saturated rings. The fourth-order valence-electron chi connectivity index (χ4n) is 1.03.